The van der Waals surface area contributed by atoms with Gasteiger partial charge in [0.25, 0.3) is 0 Å². The Hall–Kier alpha value is -0.300. The van der Waals surface area contributed by atoms with E-state index in [-0.39, 0.29) is 6.04 Å². The van der Waals surface area contributed by atoms with Crippen molar-refractivity contribution in [3.63, 3.8) is 0 Å². The van der Waals surface area contributed by atoms with E-state index >= 15 is 0 Å². The number of nitrogens with two attached hydrogens (primary N) is 1. The Kier molecular flexibility index (Phi) is 2.21. The Morgan fingerprint density at radius 2 is 1.60 bits per heavy atom. The van der Waals surface area contributed by atoms with Gasteiger partial charge in [-0.3, -0.25) is 0 Å². The molecule has 0 aromatic rings. The quantitative estimate of drug-likeness (QED) is 0.704. The van der Waals surface area contributed by atoms with E-state index in [1.165, 1.54) is 44.9 Å². The molecule has 1 unspecified atom stereocenters. The molecule has 4 fully saturated rings. The predicted molar refractivity (Wildman–Crippen MR) is 63.4 cm³/mol. The molecule has 0 aromatic heterocycles. The van der Waals surface area contributed by atoms with E-state index in [2.05, 4.69) is 6.58 Å². The second kappa shape index (κ2) is 3.35. The van der Waals surface area contributed by atoms with E-state index in [0.717, 1.165) is 17.8 Å². The predicted octanol–water partition coefficient (Wildman–Crippen LogP) is 3.11. The Balaban J connectivity index is 1.78. The van der Waals surface area contributed by atoms with Crippen molar-refractivity contribution in [3.8, 4) is 0 Å². The molecule has 84 valence electrons. The summed E-state index contributed by atoms with van der Waals surface area (Å²) in [6.07, 6.45) is 12.2. The molecule has 0 amide bonds. The fourth-order valence-electron chi connectivity index (χ4n) is 5.12. The lowest BCUT2D eigenvalue weighted by molar-refractivity contribution is -0.0584. The highest BCUT2D eigenvalue weighted by Crippen LogP contribution is 2.61. The molecule has 4 bridgehead atoms. The maximum absolute atomic E-state index is 6.08. The average Bonchev–Trinajstić information content (AvgIpc) is 2.14. The van der Waals surface area contributed by atoms with E-state index in [9.17, 15) is 0 Å². The first-order valence-electron chi connectivity index (χ1n) is 6.57. The van der Waals surface area contributed by atoms with Gasteiger partial charge < -0.3 is 5.73 Å². The van der Waals surface area contributed by atoms with E-state index in [0.29, 0.717) is 5.41 Å². The van der Waals surface area contributed by atoms with Gasteiger partial charge in [0, 0.05) is 6.04 Å². The zero-order valence-corrected chi connectivity index (χ0v) is 9.62. The van der Waals surface area contributed by atoms with Crippen LogP contribution in [0.5, 0.6) is 0 Å². The topological polar surface area (TPSA) is 26.0 Å². The second-order valence-corrected chi connectivity index (χ2v) is 6.52. The van der Waals surface area contributed by atoms with E-state index in [1.807, 2.05) is 6.08 Å². The van der Waals surface area contributed by atoms with Crippen LogP contribution in [0.4, 0.5) is 0 Å². The van der Waals surface area contributed by atoms with Gasteiger partial charge in [0.2, 0.25) is 0 Å². The first kappa shape index (κ1) is 9.89. The van der Waals surface area contributed by atoms with Gasteiger partial charge in [0.15, 0.2) is 0 Å². The SMILES string of the molecule is C=CC(N)CC12CC3CC(CC(C3)C1)C2. The standard InChI is InChI=1S/C14H23N/c1-2-13(15)9-14-6-10-3-11(7-14)5-12(4-10)8-14/h2,10-13H,1,3-9,15H2. The Morgan fingerprint density at radius 3 is 2.00 bits per heavy atom. The summed E-state index contributed by atoms with van der Waals surface area (Å²) in [5, 5.41) is 0. The largest absolute Gasteiger partial charge is 0.324 e. The molecule has 1 atom stereocenters. The Bertz CT molecular complexity index is 233. The molecule has 0 spiro atoms. The third kappa shape index (κ3) is 1.65. The van der Waals surface area contributed by atoms with Crippen LogP contribution in [0, 0.1) is 23.2 Å². The lowest BCUT2D eigenvalue weighted by Gasteiger charge is -2.57. The molecule has 2 N–H and O–H groups in total. The molecule has 15 heavy (non-hydrogen) atoms. The van der Waals surface area contributed by atoms with Crippen LogP contribution in [-0.4, -0.2) is 6.04 Å². The van der Waals surface area contributed by atoms with Gasteiger partial charge in [0.1, 0.15) is 0 Å². The molecule has 4 aliphatic rings. The maximum atomic E-state index is 6.08. The van der Waals surface area contributed by atoms with Crippen LogP contribution in [0.2, 0.25) is 0 Å². The summed E-state index contributed by atoms with van der Waals surface area (Å²) in [4.78, 5) is 0. The van der Waals surface area contributed by atoms with Crippen molar-refractivity contribution >= 4 is 0 Å². The minimum Gasteiger partial charge on any atom is -0.324 e. The number of rotatable bonds is 3. The van der Waals surface area contributed by atoms with Crippen molar-refractivity contribution < 1.29 is 0 Å². The molecular formula is C14H23N. The molecule has 0 aromatic carbocycles. The number of hydrogen-bond acceptors (Lipinski definition) is 1. The fourth-order valence-corrected chi connectivity index (χ4v) is 5.12. The summed E-state index contributed by atoms with van der Waals surface area (Å²) in [6, 6.07) is 0.237. The normalized spacial score (nSPS) is 49.3. The molecule has 1 heteroatoms. The van der Waals surface area contributed by atoms with Crippen molar-refractivity contribution in [1.29, 1.82) is 0 Å². The minimum absolute atomic E-state index is 0.237. The highest BCUT2D eigenvalue weighted by atomic mass is 14.7. The monoisotopic (exact) mass is 205 g/mol. The average molecular weight is 205 g/mol. The highest BCUT2D eigenvalue weighted by molar-refractivity contribution is 5.03. The third-order valence-electron chi connectivity index (χ3n) is 5.14. The zero-order valence-electron chi connectivity index (χ0n) is 9.62. The fraction of sp³-hybridized carbons (Fsp3) is 0.857. The van der Waals surface area contributed by atoms with Gasteiger partial charge in [-0.15, -0.1) is 6.58 Å². The van der Waals surface area contributed by atoms with Crippen molar-refractivity contribution in [1.82, 2.24) is 0 Å². The first-order chi connectivity index (χ1) is 7.19. The number of hydrogen-bond donors (Lipinski definition) is 1. The lowest BCUT2D eigenvalue weighted by atomic mass is 9.48. The van der Waals surface area contributed by atoms with Gasteiger partial charge in [0.05, 0.1) is 0 Å². The van der Waals surface area contributed by atoms with Gasteiger partial charge in [-0.1, -0.05) is 6.08 Å². The highest BCUT2D eigenvalue weighted by Gasteiger charge is 2.50. The molecule has 0 saturated heterocycles. The van der Waals surface area contributed by atoms with Gasteiger partial charge in [-0.25, -0.2) is 0 Å². The maximum Gasteiger partial charge on any atom is 0.0226 e. The smallest absolute Gasteiger partial charge is 0.0226 e. The van der Waals surface area contributed by atoms with Crippen LogP contribution in [-0.2, 0) is 0 Å². The Labute approximate surface area is 93.1 Å². The van der Waals surface area contributed by atoms with Crippen molar-refractivity contribution in [2.75, 3.05) is 0 Å². The van der Waals surface area contributed by atoms with Crippen LogP contribution in [0.25, 0.3) is 0 Å². The molecular weight excluding hydrogens is 182 g/mol. The third-order valence-corrected chi connectivity index (χ3v) is 5.14. The van der Waals surface area contributed by atoms with Crippen molar-refractivity contribution in [2.45, 2.75) is 51.0 Å². The van der Waals surface area contributed by atoms with Crippen molar-refractivity contribution in [2.24, 2.45) is 28.9 Å². The second-order valence-electron chi connectivity index (χ2n) is 6.52. The van der Waals surface area contributed by atoms with Crippen molar-refractivity contribution in [3.05, 3.63) is 12.7 Å². The van der Waals surface area contributed by atoms with E-state index in [4.69, 9.17) is 5.73 Å². The molecule has 4 rings (SSSR count). The molecule has 4 aliphatic carbocycles. The Morgan fingerprint density at radius 1 is 1.13 bits per heavy atom. The van der Waals surface area contributed by atoms with Gasteiger partial charge in [-0.2, -0.15) is 0 Å². The minimum atomic E-state index is 0.237. The summed E-state index contributed by atoms with van der Waals surface area (Å²) in [7, 11) is 0. The molecule has 0 aliphatic heterocycles. The summed E-state index contributed by atoms with van der Waals surface area (Å²) in [5.41, 5.74) is 6.70. The van der Waals surface area contributed by atoms with Crippen LogP contribution in [0.15, 0.2) is 12.7 Å². The van der Waals surface area contributed by atoms with Gasteiger partial charge >= 0.3 is 0 Å². The summed E-state index contributed by atoms with van der Waals surface area (Å²) < 4.78 is 0. The molecule has 4 saturated carbocycles. The molecule has 0 radical (unpaired) electrons. The molecule has 1 nitrogen and oxygen atoms in total. The van der Waals surface area contributed by atoms with Crippen LogP contribution in [0.1, 0.15) is 44.9 Å². The summed E-state index contributed by atoms with van der Waals surface area (Å²) >= 11 is 0. The van der Waals surface area contributed by atoms with Crippen LogP contribution < -0.4 is 5.73 Å². The lowest BCUT2D eigenvalue weighted by Crippen LogP contribution is -2.48. The van der Waals surface area contributed by atoms with Crippen LogP contribution >= 0.6 is 0 Å². The molecule has 0 heterocycles. The summed E-state index contributed by atoms with van der Waals surface area (Å²) in [5.74, 6) is 3.15. The van der Waals surface area contributed by atoms with E-state index < -0.39 is 0 Å². The summed E-state index contributed by atoms with van der Waals surface area (Å²) in [6.45, 7) is 3.83. The van der Waals surface area contributed by atoms with E-state index in [1.54, 1.807) is 0 Å². The van der Waals surface area contributed by atoms with Gasteiger partial charge in [-0.05, 0) is 68.1 Å². The zero-order chi connectivity index (χ0) is 10.5. The first-order valence-corrected chi connectivity index (χ1v) is 6.57. The van der Waals surface area contributed by atoms with Crippen LogP contribution in [0.3, 0.4) is 0 Å².